The van der Waals surface area contributed by atoms with Crippen molar-refractivity contribution in [2.45, 2.75) is 33.5 Å². The first-order valence-electron chi connectivity index (χ1n) is 10.9. The van der Waals surface area contributed by atoms with Gasteiger partial charge in [0.25, 0.3) is 5.91 Å². The van der Waals surface area contributed by atoms with Gasteiger partial charge in [-0.3, -0.25) is 9.69 Å². The van der Waals surface area contributed by atoms with Crippen LogP contribution < -0.4 is 5.32 Å². The summed E-state index contributed by atoms with van der Waals surface area (Å²) in [5.74, 6) is -0.823. The van der Waals surface area contributed by atoms with E-state index < -0.39 is 0 Å². The predicted molar refractivity (Wildman–Crippen MR) is 132 cm³/mol. The lowest BCUT2D eigenvalue weighted by Crippen LogP contribution is -2.22. The van der Waals surface area contributed by atoms with Crippen molar-refractivity contribution in [1.29, 1.82) is 0 Å². The molecular formula is C27H25F2N3OS. The number of anilines is 1. The van der Waals surface area contributed by atoms with Crippen molar-refractivity contribution in [1.82, 2.24) is 9.88 Å². The summed E-state index contributed by atoms with van der Waals surface area (Å²) in [5, 5.41) is 5.44. The van der Waals surface area contributed by atoms with Crippen molar-refractivity contribution in [2.75, 3.05) is 5.32 Å². The van der Waals surface area contributed by atoms with Crippen LogP contribution in [0, 0.1) is 25.5 Å². The Kier molecular flexibility index (Phi) is 7.45. The first-order chi connectivity index (χ1) is 16.4. The van der Waals surface area contributed by atoms with E-state index in [1.807, 2.05) is 32.0 Å². The molecule has 0 unspecified atom stereocenters. The van der Waals surface area contributed by atoms with Gasteiger partial charge in [-0.05, 0) is 72.5 Å². The molecule has 1 N–H and O–H groups in total. The predicted octanol–water partition coefficient (Wildman–Crippen LogP) is 6.49. The fourth-order valence-corrected chi connectivity index (χ4v) is 4.37. The van der Waals surface area contributed by atoms with Crippen LogP contribution in [0.25, 0.3) is 0 Å². The highest BCUT2D eigenvalue weighted by Crippen LogP contribution is 2.20. The molecule has 0 fully saturated rings. The van der Waals surface area contributed by atoms with E-state index in [1.165, 1.54) is 35.6 Å². The number of nitrogens with zero attached hydrogens (tertiary/aromatic N) is 2. The van der Waals surface area contributed by atoms with Gasteiger partial charge in [0.05, 0.1) is 6.54 Å². The number of rotatable bonds is 8. The molecule has 0 saturated heterocycles. The molecule has 174 valence electrons. The normalized spacial score (nSPS) is 11.1. The molecule has 4 aromatic rings. The maximum Gasteiger partial charge on any atom is 0.275 e. The summed E-state index contributed by atoms with van der Waals surface area (Å²) in [4.78, 5) is 19.4. The summed E-state index contributed by atoms with van der Waals surface area (Å²) >= 11 is 1.41. The fraction of sp³-hybridized carbons (Fsp3) is 0.185. The van der Waals surface area contributed by atoms with Crippen LogP contribution in [0.1, 0.15) is 37.7 Å². The molecular weight excluding hydrogens is 452 g/mol. The van der Waals surface area contributed by atoms with Crippen LogP contribution in [0.2, 0.25) is 0 Å². The molecule has 4 nitrogen and oxygen atoms in total. The maximum atomic E-state index is 13.3. The van der Waals surface area contributed by atoms with Crippen molar-refractivity contribution in [3.05, 3.63) is 117 Å². The number of benzene rings is 3. The highest BCUT2D eigenvalue weighted by Gasteiger charge is 2.15. The SMILES string of the molecule is Cc1ccc(NC(=O)c2csc(CN(Cc3ccc(F)cc3)Cc3ccc(F)cc3)n2)cc1C. The second-order valence-corrected chi connectivity index (χ2v) is 9.22. The lowest BCUT2D eigenvalue weighted by molar-refractivity contribution is 0.102. The van der Waals surface area contributed by atoms with Gasteiger partial charge in [0, 0.05) is 24.2 Å². The topological polar surface area (TPSA) is 45.2 Å². The van der Waals surface area contributed by atoms with Crippen molar-refractivity contribution < 1.29 is 13.6 Å². The quantitative estimate of drug-likeness (QED) is 0.315. The van der Waals surface area contributed by atoms with Gasteiger partial charge >= 0.3 is 0 Å². The van der Waals surface area contributed by atoms with Gasteiger partial charge in [0.2, 0.25) is 0 Å². The summed E-state index contributed by atoms with van der Waals surface area (Å²) in [7, 11) is 0. The van der Waals surface area contributed by atoms with E-state index in [0.29, 0.717) is 25.3 Å². The molecule has 1 heterocycles. The Hall–Kier alpha value is -3.42. The van der Waals surface area contributed by atoms with Gasteiger partial charge in [-0.15, -0.1) is 11.3 Å². The van der Waals surface area contributed by atoms with Crippen LogP contribution in [0.3, 0.4) is 0 Å². The number of carbonyl (C=O) groups excluding carboxylic acids is 1. The van der Waals surface area contributed by atoms with Crippen LogP contribution in [-0.4, -0.2) is 15.8 Å². The van der Waals surface area contributed by atoms with Crippen LogP contribution in [0.4, 0.5) is 14.5 Å². The van der Waals surface area contributed by atoms with E-state index in [-0.39, 0.29) is 17.5 Å². The molecule has 0 aliphatic heterocycles. The van der Waals surface area contributed by atoms with E-state index >= 15 is 0 Å². The number of thiazole rings is 1. The lowest BCUT2D eigenvalue weighted by Gasteiger charge is -2.21. The Bertz CT molecular complexity index is 1220. The minimum Gasteiger partial charge on any atom is -0.321 e. The molecule has 1 amide bonds. The summed E-state index contributed by atoms with van der Waals surface area (Å²) in [6.07, 6.45) is 0. The van der Waals surface area contributed by atoms with Gasteiger partial charge < -0.3 is 5.32 Å². The molecule has 0 atom stereocenters. The van der Waals surface area contributed by atoms with Crippen molar-refractivity contribution in [2.24, 2.45) is 0 Å². The average Bonchev–Trinajstić information content (AvgIpc) is 3.28. The minimum absolute atomic E-state index is 0.255. The van der Waals surface area contributed by atoms with E-state index in [4.69, 9.17) is 0 Å². The van der Waals surface area contributed by atoms with E-state index in [1.54, 1.807) is 29.6 Å². The smallest absolute Gasteiger partial charge is 0.275 e. The van der Waals surface area contributed by atoms with Gasteiger partial charge in [-0.1, -0.05) is 30.3 Å². The average molecular weight is 478 g/mol. The number of nitrogens with one attached hydrogen (secondary N) is 1. The van der Waals surface area contributed by atoms with Crippen molar-refractivity contribution in [3.63, 3.8) is 0 Å². The van der Waals surface area contributed by atoms with Crippen LogP contribution in [0.15, 0.2) is 72.1 Å². The number of hydrogen-bond donors (Lipinski definition) is 1. The highest BCUT2D eigenvalue weighted by molar-refractivity contribution is 7.09. The number of carbonyl (C=O) groups is 1. The Morgan fingerprint density at radius 2 is 1.44 bits per heavy atom. The Morgan fingerprint density at radius 3 is 2.00 bits per heavy atom. The second kappa shape index (κ2) is 10.7. The first kappa shape index (κ1) is 23.7. The van der Waals surface area contributed by atoms with Gasteiger partial charge in [0.1, 0.15) is 22.3 Å². The largest absolute Gasteiger partial charge is 0.321 e. The molecule has 4 rings (SSSR count). The molecule has 34 heavy (non-hydrogen) atoms. The van der Waals surface area contributed by atoms with Crippen molar-refractivity contribution >= 4 is 22.9 Å². The van der Waals surface area contributed by atoms with Gasteiger partial charge in [0.15, 0.2) is 0 Å². The molecule has 3 aromatic carbocycles. The molecule has 0 saturated carbocycles. The van der Waals surface area contributed by atoms with Gasteiger partial charge in [-0.2, -0.15) is 0 Å². The number of aromatic nitrogens is 1. The van der Waals surface area contributed by atoms with Crippen molar-refractivity contribution in [3.8, 4) is 0 Å². The van der Waals surface area contributed by atoms with E-state index in [9.17, 15) is 13.6 Å². The maximum absolute atomic E-state index is 13.3. The molecule has 1 aromatic heterocycles. The van der Waals surface area contributed by atoms with E-state index in [0.717, 1.165) is 32.9 Å². The molecule has 0 radical (unpaired) electrons. The van der Waals surface area contributed by atoms with Crippen LogP contribution in [-0.2, 0) is 19.6 Å². The summed E-state index contributed by atoms with van der Waals surface area (Å²) in [6, 6.07) is 18.5. The standard InChI is InChI=1S/C27H25F2N3OS/c1-18-3-12-24(13-19(18)2)30-27(33)25-17-34-26(31-25)16-32(14-20-4-8-22(28)9-5-20)15-21-6-10-23(29)11-7-21/h3-13,17H,14-16H2,1-2H3,(H,30,33). The Labute approximate surface area is 201 Å². The summed E-state index contributed by atoms with van der Waals surface area (Å²) < 4.78 is 26.7. The lowest BCUT2D eigenvalue weighted by atomic mass is 10.1. The zero-order valence-corrected chi connectivity index (χ0v) is 19.8. The third kappa shape index (κ3) is 6.34. The Morgan fingerprint density at radius 1 is 0.853 bits per heavy atom. The summed E-state index contributed by atoms with van der Waals surface area (Å²) in [5.41, 5.74) is 5.27. The molecule has 0 aliphatic rings. The number of amides is 1. The number of halogens is 2. The van der Waals surface area contributed by atoms with Gasteiger partial charge in [-0.25, -0.2) is 13.8 Å². The monoisotopic (exact) mass is 477 g/mol. The fourth-order valence-electron chi connectivity index (χ4n) is 3.56. The third-order valence-corrected chi connectivity index (χ3v) is 6.38. The molecule has 0 spiro atoms. The first-order valence-corrected chi connectivity index (χ1v) is 11.8. The zero-order valence-electron chi connectivity index (χ0n) is 19.0. The highest BCUT2D eigenvalue weighted by atomic mass is 32.1. The van der Waals surface area contributed by atoms with Crippen LogP contribution >= 0.6 is 11.3 Å². The minimum atomic E-state index is -0.284. The molecule has 0 aliphatic carbocycles. The Balaban J connectivity index is 1.47. The second-order valence-electron chi connectivity index (χ2n) is 8.28. The third-order valence-electron chi connectivity index (χ3n) is 5.55. The molecule has 7 heteroatoms. The number of aryl methyl sites for hydroxylation is 2. The molecule has 0 bridgehead atoms. The van der Waals surface area contributed by atoms with E-state index in [2.05, 4.69) is 15.2 Å². The number of hydrogen-bond acceptors (Lipinski definition) is 4. The van der Waals surface area contributed by atoms with Crippen LogP contribution in [0.5, 0.6) is 0 Å². The zero-order chi connectivity index (χ0) is 24.1. The summed E-state index contributed by atoms with van der Waals surface area (Å²) in [6.45, 7) is 5.64.